The molecule has 0 spiro atoms. The number of likely N-dealkylation sites (N-methyl/N-ethyl adjacent to an activating group) is 1. The van der Waals surface area contributed by atoms with Gasteiger partial charge in [0.25, 0.3) is 5.56 Å². The maximum absolute atomic E-state index is 12.0. The van der Waals surface area contributed by atoms with Gasteiger partial charge in [-0.3, -0.25) is 9.36 Å². The van der Waals surface area contributed by atoms with Crippen molar-refractivity contribution in [1.82, 2.24) is 14.0 Å². The van der Waals surface area contributed by atoms with Crippen LogP contribution in [0.5, 0.6) is 0 Å². The third-order valence-electron chi connectivity index (χ3n) is 2.78. The molecule has 0 N–H and O–H groups in total. The minimum Gasteiger partial charge on any atom is -0.309 e. The Balaban J connectivity index is 3.21. The fraction of sp³-hybridized carbons (Fsp3) is 0.667. The molecule has 0 bridgehead atoms. The molecule has 1 heterocycles. The second-order valence-corrected chi connectivity index (χ2v) is 4.83. The second kappa shape index (κ2) is 5.31. The summed E-state index contributed by atoms with van der Waals surface area (Å²) in [4.78, 5) is 25.9. The second-order valence-electron chi connectivity index (χ2n) is 4.83. The molecule has 0 unspecified atom stereocenters. The van der Waals surface area contributed by atoms with Gasteiger partial charge in [0.1, 0.15) is 0 Å². The molecule has 0 aliphatic heterocycles. The molecule has 1 rings (SSSR count). The van der Waals surface area contributed by atoms with E-state index in [0.717, 1.165) is 12.2 Å². The van der Waals surface area contributed by atoms with E-state index < -0.39 is 0 Å². The van der Waals surface area contributed by atoms with E-state index in [2.05, 4.69) is 0 Å². The van der Waals surface area contributed by atoms with Crippen molar-refractivity contribution in [2.45, 2.75) is 26.3 Å². The summed E-state index contributed by atoms with van der Waals surface area (Å²) in [5, 5.41) is 0. The molecular formula is C12H21N3O2. The minimum atomic E-state index is -0.235. The van der Waals surface area contributed by atoms with E-state index >= 15 is 0 Å². The molecule has 5 nitrogen and oxygen atoms in total. The molecule has 17 heavy (non-hydrogen) atoms. The van der Waals surface area contributed by atoms with Crippen LogP contribution in [0.15, 0.2) is 15.7 Å². The SMILES string of the molecule is CC(C)n1c(=O)cc(CCN(C)C)n(C)c1=O. The van der Waals surface area contributed by atoms with E-state index in [-0.39, 0.29) is 17.3 Å². The molecule has 0 atom stereocenters. The van der Waals surface area contributed by atoms with Crippen LogP contribution in [0.4, 0.5) is 0 Å². The molecule has 0 aliphatic carbocycles. The molecule has 0 amide bonds. The number of rotatable bonds is 4. The smallest absolute Gasteiger partial charge is 0.309 e. The lowest BCUT2D eigenvalue weighted by atomic mass is 10.2. The molecule has 0 aliphatic rings. The van der Waals surface area contributed by atoms with Gasteiger partial charge in [-0.05, 0) is 27.9 Å². The lowest BCUT2D eigenvalue weighted by molar-refractivity contribution is 0.405. The van der Waals surface area contributed by atoms with Crippen molar-refractivity contribution in [3.63, 3.8) is 0 Å². The minimum absolute atomic E-state index is 0.107. The van der Waals surface area contributed by atoms with Crippen molar-refractivity contribution in [3.05, 3.63) is 32.6 Å². The normalized spacial score (nSPS) is 11.5. The van der Waals surface area contributed by atoms with Crippen LogP contribution in [0.2, 0.25) is 0 Å². The molecule has 0 saturated carbocycles. The number of hydrogen-bond donors (Lipinski definition) is 0. The van der Waals surface area contributed by atoms with Crippen molar-refractivity contribution in [2.75, 3.05) is 20.6 Å². The molecular weight excluding hydrogens is 218 g/mol. The average Bonchev–Trinajstić information content (AvgIpc) is 2.20. The van der Waals surface area contributed by atoms with Crippen molar-refractivity contribution in [3.8, 4) is 0 Å². The predicted octanol–water partition coefficient (Wildman–Crippen LogP) is 0.232. The Bertz CT molecular complexity index is 497. The van der Waals surface area contributed by atoms with Gasteiger partial charge in [-0.25, -0.2) is 4.79 Å². The number of aromatic nitrogens is 2. The van der Waals surface area contributed by atoms with Crippen LogP contribution in [0.3, 0.4) is 0 Å². The van der Waals surface area contributed by atoms with Crippen molar-refractivity contribution >= 4 is 0 Å². The van der Waals surface area contributed by atoms with Crippen molar-refractivity contribution in [1.29, 1.82) is 0 Å². The van der Waals surface area contributed by atoms with Gasteiger partial charge >= 0.3 is 5.69 Å². The summed E-state index contributed by atoms with van der Waals surface area (Å²) in [6.45, 7) is 4.49. The highest BCUT2D eigenvalue weighted by Gasteiger charge is 2.10. The first-order valence-corrected chi connectivity index (χ1v) is 5.80. The number of hydrogen-bond acceptors (Lipinski definition) is 3. The molecule has 0 radical (unpaired) electrons. The van der Waals surface area contributed by atoms with Crippen LogP contribution in [0.1, 0.15) is 25.6 Å². The number of nitrogens with zero attached hydrogens (tertiary/aromatic N) is 3. The summed E-state index contributed by atoms with van der Waals surface area (Å²) in [6, 6.07) is 1.45. The van der Waals surface area contributed by atoms with Crippen LogP contribution in [-0.4, -0.2) is 34.7 Å². The highest BCUT2D eigenvalue weighted by Crippen LogP contribution is 1.98. The summed E-state index contributed by atoms with van der Waals surface area (Å²) in [7, 11) is 5.65. The largest absolute Gasteiger partial charge is 0.331 e. The molecule has 0 aromatic carbocycles. The van der Waals surface area contributed by atoms with Gasteiger partial charge in [-0.2, -0.15) is 0 Å². The van der Waals surface area contributed by atoms with E-state index in [1.54, 1.807) is 17.7 Å². The van der Waals surface area contributed by atoms with E-state index in [0.29, 0.717) is 6.42 Å². The average molecular weight is 239 g/mol. The molecule has 5 heteroatoms. The third kappa shape index (κ3) is 3.06. The first kappa shape index (κ1) is 13.7. The van der Waals surface area contributed by atoms with Crippen LogP contribution in [0, 0.1) is 0 Å². The Morgan fingerprint density at radius 3 is 2.35 bits per heavy atom. The summed E-state index contributed by atoms with van der Waals surface area (Å²) < 4.78 is 2.84. The van der Waals surface area contributed by atoms with E-state index in [1.165, 1.54) is 4.57 Å². The zero-order chi connectivity index (χ0) is 13.2. The van der Waals surface area contributed by atoms with Gasteiger partial charge in [0.05, 0.1) is 0 Å². The molecule has 1 aromatic heterocycles. The van der Waals surface area contributed by atoms with Gasteiger partial charge in [-0.1, -0.05) is 0 Å². The predicted molar refractivity (Wildman–Crippen MR) is 68.6 cm³/mol. The lowest BCUT2D eigenvalue weighted by Crippen LogP contribution is -2.41. The molecule has 96 valence electrons. The summed E-state index contributed by atoms with van der Waals surface area (Å²) in [5.74, 6) is 0. The van der Waals surface area contributed by atoms with E-state index in [4.69, 9.17) is 0 Å². The fourth-order valence-electron chi connectivity index (χ4n) is 1.74. The van der Waals surface area contributed by atoms with Gasteiger partial charge < -0.3 is 9.47 Å². The maximum atomic E-state index is 12.0. The Labute approximate surface area is 101 Å². The zero-order valence-corrected chi connectivity index (χ0v) is 11.2. The van der Waals surface area contributed by atoms with Crippen LogP contribution in [0.25, 0.3) is 0 Å². The highest BCUT2D eigenvalue weighted by molar-refractivity contribution is 5.03. The first-order valence-electron chi connectivity index (χ1n) is 5.80. The van der Waals surface area contributed by atoms with Crippen molar-refractivity contribution in [2.24, 2.45) is 7.05 Å². The van der Waals surface area contributed by atoms with Crippen LogP contribution < -0.4 is 11.2 Å². The van der Waals surface area contributed by atoms with Gasteiger partial charge in [0, 0.05) is 37.8 Å². The monoisotopic (exact) mass is 239 g/mol. The first-order chi connectivity index (χ1) is 7.84. The van der Waals surface area contributed by atoms with Crippen LogP contribution in [-0.2, 0) is 13.5 Å². The Morgan fingerprint density at radius 1 is 1.29 bits per heavy atom. The Morgan fingerprint density at radius 2 is 1.88 bits per heavy atom. The molecule has 0 saturated heterocycles. The Kier molecular flexibility index (Phi) is 4.28. The topological polar surface area (TPSA) is 47.2 Å². The Hall–Kier alpha value is -1.36. The van der Waals surface area contributed by atoms with Gasteiger partial charge in [-0.15, -0.1) is 0 Å². The highest BCUT2D eigenvalue weighted by atomic mass is 16.2. The standard InChI is InChI=1S/C12H21N3O2/c1-9(2)15-11(16)8-10(6-7-13(3)4)14(5)12(15)17/h8-9H,6-7H2,1-5H3. The fourth-order valence-corrected chi connectivity index (χ4v) is 1.74. The van der Waals surface area contributed by atoms with Crippen LogP contribution >= 0.6 is 0 Å². The van der Waals surface area contributed by atoms with Crippen molar-refractivity contribution < 1.29 is 0 Å². The molecule has 0 fully saturated rings. The zero-order valence-electron chi connectivity index (χ0n) is 11.2. The maximum Gasteiger partial charge on any atom is 0.331 e. The lowest BCUT2D eigenvalue weighted by Gasteiger charge is -2.15. The van der Waals surface area contributed by atoms with Gasteiger partial charge in [0.15, 0.2) is 0 Å². The van der Waals surface area contributed by atoms with Gasteiger partial charge in [0.2, 0.25) is 0 Å². The van der Waals surface area contributed by atoms with E-state index in [1.807, 2.05) is 32.8 Å². The summed E-state index contributed by atoms with van der Waals surface area (Å²) in [5.41, 5.74) is 0.337. The third-order valence-corrected chi connectivity index (χ3v) is 2.78. The quantitative estimate of drug-likeness (QED) is 0.756. The summed E-state index contributed by atoms with van der Waals surface area (Å²) >= 11 is 0. The summed E-state index contributed by atoms with van der Waals surface area (Å²) in [6.07, 6.45) is 0.701. The molecule has 1 aromatic rings. The van der Waals surface area contributed by atoms with E-state index in [9.17, 15) is 9.59 Å².